The number of rotatable bonds is 5. The van der Waals surface area contributed by atoms with E-state index >= 15 is 0 Å². The van der Waals surface area contributed by atoms with Crippen molar-refractivity contribution in [3.63, 3.8) is 0 Å². The number of hydrogen-bond donors (Lipinski definition) is 1. The van der Waals surface area contributed by atoms with Crippen molar-refractivity contribution in [1.82, 2.24) is 15.5 Å². The van der Waals surface area contributed by atoms with Crippen molar-refractivity contribution < 1.29 is 14.0 Å². The average Bonchev–Trinajstić information content (AvgIpc) is 3.04. The Hall–Kier alpha value is -1.79. The number of piperidine rings is 1. The standard InChI is InChI=1S/C16H21N3O3.ClH/c1-20-13-4-3-11(9-14(13)21-2)10-15-18-16(22-19-15)12-5-7-17-8-6-12;/h3-4,9,12,17H,5-8,10H2,1-2H3;1H. The summed E-state index contributed by atoms with van der Waals surface area (Å²) in [6.07, 6.45) is 2.73. The summed E-state index contributed by atoms with van der Waals surface area (Å²) in [5.74, 6) is 3.28. The van der Waals surface area contributed by atoms with Gasteiger partial charge in [-0.3, -0.25) is 0 Å². The molecule has 1 aliphatic heterocycles. The lowest BCUT2D eigenvalue weighted by Gasteiger charge is -2.18. The zero-order chi connectivity index (χ0) is 15.4. The molecule has 3 rings (SSSR count). The third kappa shape index (κ3) is 4.14. The van der Waals surface area contributed by atoms with Gasteiger partial charge in [0.05, 0.1) is 14.2 Å². The molecule has 1 saturated heterocycles. The molecule has 0 spiro atoms. The summed E-state index contributed by atoms with van der Waals surface area (Å²) < 4.78 is 16.0. The molecule has 0 radical (unpaired) electrons. The second kappa shape index (κ2) is 8.17. The fourth-order valence-electron chi connectivity index (χ4n) is 2.75. The van der Waals surface area contributed by atoms with Gasteiger partial charge in [-0.05, 0) is 43.6 Å². The minimum Gasteiger partial charge on any atom is -0.493 e. The van der Waals surface area contributed by atoms with Crippen LogP contribution in [0.1, 0.15) is 36.0 Å². The maximum absolute atomic E-state index is 5.43. The highest BCUT2D eigenvalue weighted by atomic mass is 35.5. The number of methoxy groups -OCH3 is 2. The van der Waals surface area contributed by atoms with Crippen molar-refractivity contribution >= 4 is 12.4 Å². The molecule has 126 valence electrons. The van der Waals surface area contributed by atoms with Gasteiger partial charge < -0.3 is 19.3 Å². The quantitative estimate of drug-likeness (QED) is 0.902. The molecule has 0 amide bonds. The first-order valence-corrected chi connectivity index (χ1v) is 7.54. The normalized spacial score (nSPS) is 15.0. The van der Waals surface area contributed by atoms with Crippen LogP contribution in [0.25, 0.3) is 0 Å². The fraction of sp³-hybridized carbons (Fsp3) is 0.500. The van der Waals surface area contributed by atoms with Gasteiger partial charge in [-0.25, -0.2) is 0 Å². The topological polar surface area (TPSA) is 69.4 Å². The zero-order valence-corrected chi connectivity index (χ0v) is 14.2. The van der Waals surface area contributed by atoms with Crippen molar-refractivity contribution in [3.05, 3.63) is 35.5 Å². The van der Waals surface area contributed by atoms with E-state index in [1.165, 1.54) is 0 Å². The Morgan fingerprint density at radius 3 is 2.61 bits per heavy atom. The predicted octanol–water partition coefficient (Wildman–Crippen LogP) is 2.57. The van der Waals surface area contributed by atoms with E-state index in [9.17, 15) is 0 Å². The summed E-state index contributed by atoms with van der Waals surface area (Å²) in [5, 5.41) is 7.45. The first-order chi connectivity index (χ1) is 10.8. The fourth-order valence-corrected chi connectivity index (χ4v) is 2.75. The van der Waals surface area contributed by atoms with Crippen molar-refractivity contribution in [2.45, 2.75) is 25.2 Å². The predicted molar refractivity (Wildman–Crippen MR) is 88.7 cm³/mol. The van der Waals surface area contributed by atoms with Gasteiger partial charge in [-0.2, -0.15) is 4.98 Å². The highest BCUT2D eigenvalue weighted by Gasteiger charge is 2.21. The molecule has 1 aromatic carbocycles. The van der Waals surface area contributed by atoms with E-state index in [4.69, 9.17) is 14.0 Å². The molecular formula is C16H22ClN3O3. The van der Waals surface area contributed by atoms with Crippen LogP contribution >= 0.6 is 12.4 Å². The Bertz CT molecular complexity index is 627. The van der Waals surface area contributed by atoms with Crippen LogP contribution in [0, 0.1) is 0 Å². The lowest BCUT2D eigenvalue weighted by Crippen LogP contribution is -2.26. The maximum Gasteiger partial charge on any atom is 0.229 e. The molecule has 1 aromatic heterocycles. The van der Waals surface area contributed by atoms with E-state index in [0.717, 1.165) is 43.1 Å². The van der Waals surface area contributed by atoms with Gasteiger partial charge in [0.1, 0.15) is 0 Å². The Kier molecular flexibility index (Phi) is 6.24. The van der Waals surface area contributed by atoms with E-state index < -0.39 is 0 Å². The number of nitrogens with one attached hydrogen (secondary N) is 1. The first kappa shape index (κ1) is 17.6. The summed E-state index contributed by atoms with van der Waals surface area (Å²) in [5.41, 5.74) is 1.07. The Labute approximate surface area is 142 Å². The van der Waals surface area contributed by atoms with Gasteiger partial charge in [0.25, 0.3) is 0 Å². The minimum absolute atomic E-state index is 0. The molecule has 1 N–H and O–H groups in total. The van der Waals surface area contributed by atoms with Gasteiger partial charge in [-0.15, -0.1) is 12.4 Å². The van der Waals surface area contributed by atoms with Gasteiger partial charge >= 0.3 is 0 Å². The second-order valence-electron chi connectivity index (χ2n) is 5.44. The van der Waals surface area contributed by atoms with Crippen LogP contribution in [0.4, 0.5) is 0 Å². The summed E-state index contributed by atoms with van der Waals surface area (Å²) in [7, 11) is 3.26. The molecule has 0 atom stereocenters. The van der Waals surface area contributed by atoms with E-state index in [0.29, 0.717) is 23.9 Å². The van der Waals surface area contributed by atoms with E-state index in [-0.39, 0.29) is 12.4 Å². The van der Waals surface area contributed by atoms with Crippen molar-refractivity contribution in [2.75, 3.05) is 27.3 Å². The van der Waals surface area contributed by atoms with Crippen molar-refractivity contribution in [3.8, 4) is 11.5 Å². The second-order valence-corrected chi connectivity index (χ2v) is 5.44. The van der Waals surface area contributed by atoms with Crippen LogP contribution in [0.3, 0.4) is 0 Å². The number of hydrogen-bond acceptors (Lipinski definition) is 6. The van der Waals surface area contributed by atoms with Gasteiger partial charge in [-0.1, -0.05) is 11.2 Å². The lowest BCUT2D eigenvalue weighted by molar-refractivity contribution is 0.318. The Morgan fingerprint density at radius 2 is 1.91 bits per heavy atom. The highest BCUT2D eigenvalue weighted by Crippen LogP contribution is 2.29. The lowest BCUT2D eigenvalue weighted by atomic mass is 9.98. The number of aromatic nitrogens is 2. The maximum atomic E-state index is 5.43. The summed E-state index contributed by atoms with van der Waals surface area (Å²) in [6, 6.07) is 5.82. The first-order valence-electron chi connectivity index (χ1n) is 7.54. The summed E-state index contributed by atoms with van der Waals surface area (Å²) >= 11 is 0. The van der Waals surface area contributed by atoms with E-state index in [1.807, 2.05) is 18.2 Å². The van der Waals surface area contributed by atoms with Crippen molar-refractivity contribution in [2.24, 2.45) is 0 Å². The molecule has 0 bridgehead atoms. The van der Waals surface area contributed by atoms with Gasteiger partial charge in [0.2, 0.25) is 5.89 Å². The van der Waals surface area contributed by atoms with Crippen LogP contribution < -0.4 is 14.8 Å². The van der Waals surface area contributed by atoms with Crippen LogP contribution in [0.15, 0.2) is 22.7 Å². The molecule has 1 aliphatic rings. The average molecular weight is 340 g/mol. The monoisotopic (exact) mass is 339 g/mol. The van der Waals surface area contributed by atoms with Gasteiger partial charge in [0.15, 0.2) is 17.3 Å². The van der Waals surface area contributed by atoms with Crippen molar-refractivity contribution in [1.29, 1.82) is 0 Å². The zero-order valence-electron chi connectivity index (χ0n) is 13.4. The third-order valence-electron chi connectivity index (χ3n) is 3.98. The van der Waals surface area contributed by atoms with Gasteiger partial charge in [0, 0.05) is 12.3 Å². The van der Waals surface area contributed by atoms with E-state index in [1.54, 1.807) is 14.2 Å². The van der Waals surface area contributed by atoms with Crippen LogP contribution in [0.5, 0.6) is 11.5 Å². The molecule has 23 heavy (non-hydrogen) atoms. The molecule has 1 fully saturated rings. The number of benzene rings is 1. The molecular weight excluding hydrogens is 318 g/mol. The highest BCUT2D eigenvalue weighted by molar-refractivity contribution is 5.85. The Balaban J connectivity index is 0.00000192. The van der Waals surface area contributed by atoms with Crippen LogP contribution in [0.2, 0.25) is 0 Å². The number of nitrogens with zero attached hydrogens (tertiary/aromatic N) is 2. The SMILES string of the molecule is COc1ccc(Cc2noc(C3CCNCC3)n2)cc1OC.Cl. The molecule has 2 heterocycles. The smallest absolute Gasteiger partial charge is 0.229 e. The molecule has 0 unspecified atom stereocenters. The third-order valence-corrected chi connectivity index (χ3v) is 3.98. The summed E-state index contributed by atoms with van der Waals surface area (Å²) in [4.78, 5) is 4.55. The molecule has 0 saturated carbocycles. The number of ether oxygens (including phenoxy) is 2. The minimum atomic E-state index is 0. The Morgan fingerprint density at radius 1 is 1.17 bits per heavy atom. The molecule has 7 heteroatoms. The molecule has 0 aliphatic carbocycles. The molecule has 6 nitrogen and oxygen atoms in total. The van der Waals surface area contributed by atoms with E-state index in [2.05, 4.69) is 15.5 Å². The number of halogens is 1. The van der Waals surface area contributed by atoms with Crippen LogP contribution in [-0.4, -0.2) is 37.4 Å². The molecule has 2 aromatic rings. The largest absolute Gasteiger partial charge is 0.493 e. The van der Waals surface area contributed by atoms with Crippen LogP contribution in [-0.2, 0) is 6.42 Å². The summed E-state index contributed by atoms with van der Waals surface area (Å²) in [6.45, 7) is 2.02.